The van der Waals surface area contributed by atoms with Crippen molar-refractivity contribution in [3.05, 3.63) is 47.9 Å². The molecule has 0 spiro atoms. The molecule has 0 radical (unpaired) electrons. The SMILES string of the molecule is COC(=O)c1nccnc1N(CS(=O)(=O)Cc1ccccc1SC(F)(F)F)OC. The van der Waals surface area contributed by atoms with Crippen LogP contribution in [0.4, 0.5) is 19.0 Å². The fraction of sp³-hybridized carbons (Fsp3) is 0.312. The van der Waals surface area contributed by atoms with Crippen LogP contribution in [0.15, 0.2) is 41.6 Å². The van der Waals surface area contributed by atoms with E-state index in [0.717, 1.165) is 19.3 Å². The molecule has 0 aliphatic rings. The second-order valence-corrected chi connectivity index (χ2v) is 8.59. The zero-order valence-corrected chi connectivity index (χ0v) is 16.8. The zero-order valence-electron chi connectivity index (χ0n) is 15.2. The van der Waals surface area contributed by atoms with Crippen molar-refractivity contribution in [3.63, 3.8) is 0 Å². The van der Waals surface area contributed by atoms with Crippen LogP contribution >= 0.6 is 11.8 Å². The Kier molecular flexibility index (Phi) is 7.43. The Morgan fingerprint density at radius 2 is 1.83 bits per heavy atom. The van der Waals surface area contributed by atoms with E-state index in [1.165, 1.54) is 36.7 Å². The number of benzene rings is 1. The van der Waals surface area contributed by atoms with Gasteiger partial charge in [0.1, 0.15) is 5.88 Å². The van der Waals surface area contributed by atoms with Crippen molar-refractivity contribution in [1.82, 2.24) is 9.97 Å². The van der Waals surface area contributed by atoms with Gasteiger partial charge in [-0.25, -0.2) is 28.2 Å². The number of rotatable bonds is 8. The molecule has 0 saturated heterocycles. The van der Waals surface area contributed by atoms with Gasteiger partial charge in [-0.2, -0.15) is 13.2 Å². The second kappa shape index (κ2) is 9.41. The molecular weight excluding hydrogens is 435 g/mol. The molecule has 158 valence electrons. The number of carbonyl (C=O) groups is 1. The minimum Gasteiger partial charge on any atom is -0.464 e. The number of hydrogen-bond donors (Lipinski definition) is 0. The van der Waals surface area contributed by atoms with Gasteiger partial charge in [0, 0.05) is 17.3 Å². The normalized spacial score (nSPS) is 11.9. The van der Waals surface area contributed by atoms with E-state index < -0.39 is 44.7 Å². The van der Waals surface area contributed by atoms with Crippen LogP contribution in [0.3, 0.4) is 0 Å². The lowest BCUT2D eigenvalue weighted by Crippen LogP contribution is -2.32. The highest BCUT2D eigenvalue weighted by Gasteiger charge is 2.31. The molecule has 2 aromatic rings. The maximum Gasteiger partial charge on any atom is 0.446 e. The smallest absolute Gasteiger partial charge is 0.446 e. The number of aromatic nitrogens is 2. The Balaban J connectivity index is 2.29. The Morgan fingerprint density at radius 1 is 1.17 bits per heavy atom. The number of sulfone groups is 1. The van der Waals surface area contributed by atoms with E-state index in [4.69, 9.17) is 4.84 Å². The van der Waals surface area contributed by atoms with Gasteiger partial charge in [0.25, 0.3) is 0 Å². The molecule has 0 atom stereocenters. The third kappa shape index (κ3) is 6.58. The van der Waals surface area contributed by atoms with Gasteiger partial charge in [-0.05, 0) is 23.4 Å². The van der Waals surface area contributed by atoms with Crippen LogP contribution < -0.4 is 5.06 Å². The summed E-state index contributed by atoms with van der Waals surface area (Å²) in [6, 6.07) is 5.31. The van der Waals surface area contributed by atoms with Crippen molar-refractivity contribution in [2.45, 2.75) is 16.2 Å². The number of anilines is 1. The molecular formula is C16H16F3N3O5S2. The molecule has 0 saturated carbocycles. The first-order valence-corrected chi connectivity index (χ1v) is 10.4. The van der Waals surface area contributed by atoms with Gasteiger partial charge in [0.15, 0.2) is 21.3 Å². The van der Waals surface area contributed by atoms with E-state index in [1.54, 1.807) is 0 Å². The summed E-state index contributed by atoms with van der Waals surface area (Å²) in [7, 11) is -1.75. The monoisotopic (exact) mass is 451 g/mol. The maximum atomic E-state index is 12.7. The number of ether oxygens (including phenoxy) is 1. The number of thioether (sulfide) groups is 1. The van der Waals surface area contributed by atoms with Gasteiger partial charge in [-0.1, -0.05) is 18.2 Å². The predicted octanol–water partition coefficient (Wildman–Crippen LogP) is 2.82. The van der Waals surface area contributed by atoms with Crippen molar-refractivity contribution >= 4 is 33.4 Å². The van der Waals surface area contributed by atoms with Crippen molar-refractivity contribution < 1.29 is 36.0 Å². The topological polar surface area (TPSA) is 98.7 Å². The minimum atomic E-state index is -4.56. The lowest BCUT2D eigenvalue weighted by atomic mass is 10.2. The fourth-order valence-electron chi connectivity index (χ4n) is 2.26. The van der Waals surface area contributed by atoms with Crippen LogP contribution in [0.25, 0.3) is 0 Å². The zero-order chi connectivity index (χ0) is 21.7. The molecule has 0 amide bonds. The van der Waals surface area contributed by atoms with E-state index in [0.29, 0.717) is 0 Å². The highest BCUT2D eigenvalue weighted by molar-refractivity contribution is 8.00. The lowest BCUT2D eigenvalue weighted by Gasteiger charge is -2.22. The molecule has 0 unspecified atom stereocenters. The number of methoxy groups -OCH3 is 1. The first-order valence-electron chi connectivity index (χ1n) is 7.81. The first kappa shape index (κ1) is 22.9. The molecule has 0 bridgehead atoms. The molecule has 1 aromatic carbocycles. The van der Waals surface area contributed by atoms with Gasteiger partial charge >= 0.3 is 11.5 Å². The van der Waals surface area contributed by atoms with Crippen molar-refractivity contribution in [2.24, 2.45) is 0 Å². The van der Waals surface area contributed by atoms with Gasteiger partial charge in [0.05, 0.1) is 20.0 Å². The van der Waals surface area contributed by atoms with Gasteiger partial charge in [-0.15, -0.1) is 0 Å². The molecule has 2 rings (SSSR count). The van der Waals surface area contributed by atoms with Crippen LogP contribution in [-0.2, 0) is 25.2 Å². The van der Waals surface area contributed by atoms with E-state index in [-0.39, 0.29) is 22.0 Å². The Labute approximate surface area is 168 Å². The van der Waals surface area contributed by atoms with Crippen LogP contribution in [0, 0.1) is 0 Å². The summed E-state index contributed by atoms with van der Waals surface area (Å²) in [4.78, 5) is 24.3. The average Bonchev–Trinajstić information content (AvgIpc) is 2.66. The van der Waals surface area contributed by atoms with Crippen molar-refractivity contribution in [3.8, 4) is 0 Å². The summed E-state index contributed by atoms with van der Waals surface area (Å²) in [6.07, 6.45) is 2.43. The highest BCUT2D eigenvalue weighted by atomic mass is 32.2. The first-order chi connectivity index (χ1) is 13.6. The summed E-state index contributed by atoms with van der Waals surface area (Å²) >= 11 is -0.394. The fourth-order valence-corrected chi connectivity index (χ4v) is 4.42. The standard InChI is InChI=1S/C16H16F3N3O5S2/c1-26-15(23)13-14(21-8-7-20-13)22(27-2)10-29(24,25)9-11-5-3-4-6-12(11)28-16(17,18)19/h3-8H,9-10H2,1-2H3. The van der Waals surface area contributed by atoms with Crippen molar-refractivity contribution in [1.29, 1.82) is 0 Å². The summed E-state index contributed by atoms with van der Waals surface area (Å²) in [5.74, 6) is -2.53. The molecule has 0 fully saturated rings. The van der Waals surface area contributed by atoms with Gasteiger partial charge in [0.2, 0.25) is 0 Å². The number of carbonyl (C=O) groups excluding carboxylic acids is 1. The molecule has 1 aromatic heterocycles. The van der Waals surface area contributed by atoms with E-state index >= 15 is 0 Å². The number of esters is 1. The minimum absolute atomic E-state index is 0.0155. The second-order valence-electron chi connectivity index (χ2n) is 5.45. The van der Waals surface area contributed by atoms with Gasteiger partial charge < -0.3 is 4.74 Å². The van der Waals surface area contributed by atoms with Crippen LogP contribution in [-0.4, -0.2) is 50.0 Å². The summed E-state index contributed by atoms with van der Waals surface area (Å²) < 4.78 is 68.0. The third-order valence-corrected chi connectivity index (χ3v) is 5.63. The summed E-state index contributed by atoms with van der Waals surface area (Å²) in [5.41, 5.74) is -4.86. The summed E-state index contributed by atoms with van der Waals surface area (Å²) in [6.45, 7) is 0. The molecule has 0 aliphatic carbocycles. The largest absolute Gasteiger partial charge is 0.464 e. The Morgan fingerprint density at radius 3 is 2.45 bits per heavy atom. The van der Waals surface area contributed by atoms with E-state index in [2.05, 4.69) is 14.7 Å². The third-order valence-electron chi connectivity index (χ3n) is 3.40. The lowest BCUT2D eigenvalue weighted by molar-refractivity contribution is -0.0328. The molecule has 0 aliphatic heterocycles. The van der Waals surface area contributed by atoms with Crippen LogP contribution in [0.5, 0.6) is 0 Å². The van der Waals surface area contributed by atoms with Crippen LogP contribution in [0.2, 0.25) is 0 Å². The van der Waals surface area contributed by atoms with E-state index in [1.807, 2.05) is 0 Å². The number of hydrogen-bond acceptors (Lipinski definition) is 9. The molecule has 13 heteroatoms. The number of hydroxylamine groups is 1. The molecule has 8 nitrogen and oxygen atoms in total. The predicted molar refractivity (Wildman–Crippen MR) is 98.7 cm³/mol. The number of halogens is 3. The molecule has 0 N–H and O–H groups in total. The van der Waals surface area contributed by atoms with Gasteiger partial charge in [-0.3, -0.25) is 4.84 Å². The average molecular weight is 451 g/mol. The maximum absolute atomic E-state index is 12.7. The van der Waals surface area contributed by atoms with Crippen LogP contribution in [0.1, 0.15) is 16.1 Å². The Bertz CT molecular complexity index is 970. The number of nitrogens with zero attached hydrogens (tertiary/aromatic N) is 3. The van der Waals surface area contributed by atoms with E-state index in [9.17, 15) is 26.4 Å². The highest BCUT2D eigenvalue weighted by Crippen LogP contribution is 2.39. The molecule has 1 heterocycles. The number of alkyl halides is 3. The Hall–Kier alpha value is -2.38. The molecule has 29 heavy (non-hydrogen) atoms. The van der Waals surface area contributed by atoms with Crippen molar-refractivity contribution in [2.75, 3.05) is 25.2 Å². The summed E-state index contributed by atoms with van der Waals surface area (Å²) in [5, 5.41) is 0.800. The quantitative estimate of drug-likeness (QED) is 0.341.